The van der Waals surface area contributed by atoms with Crippen molar-refractivity contribution in [3.63, 3.8) is 0 Å². The zero-order valence-corrected chi connectivity index (χ0v) is 72.8. The molecule has 0 aromatic heterocycles. The van der Waals surface area contributed by atoms with Crippen molar-refractivity contribution in [3.8, 4) is 0 Å². The molecule has 1 spiro atoms. The van der Waals surface area contributed by atoms with E-state index in [1.54, 1.807) is 0 Å². The Kier molecular flexibility index (Phi) is 45.5. The van der Waals surface area contributed by atoms with Crippen LogP contribution in [0.5, 0.6) is 0 Å². The van der Waals surface area contributed by atoms with Crippen LogP contribution >= 0.6 is 82.3 Å². The second-order valence-electron chi connectivity index (χ2n) is 31.1. The molecular weight excluding hydrogens is 1790 g/mol. The third kappa shape index (κ3) is 31.1. The third-order valence-electron chi connectivity index (χ3n) is 22.0. The minimum absolute atomic E-state index is 0.0596. The summed E-state index contributed by atoms with van der Waals surface area (Å²) >= 11 is 7.99. The first-order chi connectivity index (χ1) is 58.5. The zero-order chi connectivity index (χ0) is 89.9. The van der Waals surface area contributed by atoms with E-state index in [9.17, 15) is 141 Å². The largest absolute Gasteiger partial charge is 0.481 e. The average Bonchev–Trinajstić information content (AvgIpc) is 1.74. The lowest BCUT2D eigenvalue weighted by Gasteiger charge is -2.52. The first-order valence-corrected chi connectivity index (χ1v) is 48.9. The maximum atomic E-state index is 12.4. The molecule has 7 aliphatic heterocycles. The van der Waals surface area contributed by atoms with Gasteiger partial charge in [0.2, 0.25) is 0 Å². The summed E-state index contributed by atoms with van der Waals surface area (Å²) in [4.78, 5) is 80.3. The van der Waals surface area contributed by atoms with Gasteiger partial charge in [-0.25, -0.2) is 0 Å². The number of hydrogen-bond donors (Lipinski definition) is 22. The number of ether oxygens (including phenoxy) is 13. The molecule has 8 aliphatic rings. The fourth-order valence-electron chi connectivity index (χ4n) is 15.4. The van der Waals surface area contributed by atoms with Crippen LogP contribution < -0.4 is 0 Å². The molecule has 0 radical (unpaired) electrons. The van der Waals surface area contributed by atoms with Crippen molar-refractivity contribution >= 4 is 124 Å². The molecule has 0 aromatic carbocycles. The van der Waals surface area contributed by atoms with Crippen LogP contribution in [0, 0.1) is 5.41 Å². The predicted octanol–water partition coefficient (Wildman–Crippen LogP) is -2.84. The van der Waals surface area contributed by atoms with E-state index in [1.807, 2.05) is 0 Å². The van der Waals surface area contributed by atoms with Crippen LogP contribution in [0.1, 0.15) is 116 Å². The lowest BCUT2D eigenvalue weighted by atomic mass is 9.72. The maximum absolute atomic E-state index is 12.4. The van der Waals surface area contributed by atoms with Crippen molar-refractivity contribution < 1.29 is 207 Å². The lowest BCUT2D eigenvalue weighted by Crippen LogP contribution is -2.68. The minimum Gasteiger partial charge on any atom is -0.481 e. The molecule has 42 nitrogen and oxygen atoms in total. The Morgan fingerprint density at radius 2 is 0.447 bits per heavy atom. The average molecular weight is 1910 g/mol. The molecule has 7 saturated heterocycles. The summed E-state index contributed by atoms with van der Waals surface area (Å²) in [5.41, 5.74) is -0.921. The summed E-state index contributed by atoms with van der Waals surface area (Å²) in [7, 11) is 0. The molecule has 22 N–H and O–H groups in total. The smallest absolute Gasteiger partial charge is 0.303 e. The SMILES string of the molecule is O=C(O)CCCSCC1OC(O)C(O)C(O)C1OC1OC(CSCCCC(=O)O)C(OC2OC(CSCCCC(=O)O)C(OC3OC(CSCCCC(=O)O)C(OC4OC(CSCCCC(=O)O)C(OC5OC(CSCCCC(=O)O)C(OC6OC(CSCCCC(=O)O)C7(CCCC7)C(O)C6O)C(O)C5O)C(O)C4O)C(O)C3O)C(O)C2O)C(O)C1O. The van der Waals surface area contributed by atoms with Crippen molar-refractivity contribution in [2.45, 2.75) is 324 Å². The molecule has 0 amide bonds. The van der Waals surface area contributed by atoms with Crippen LogP contribution in [0.3, 0.4) is 0 Å². The van der Waals surface area contributed by atoms with Crippen LogP contribution in [-0.2, 0) is 95.1 Å². The van der Waals surface area contributed by atoms with Gasteiger partial charge in [0.25, 0.3) is 0 Å². The number of aliphatic hydroxyl groups excluding tert-OH is 15. The Balaban J connectivity index is 1.02. The molecule has 0 aromatic rings. The molecule has 710 valence electrons. The van der Waals surface area contributed by atoms with E-state index in [0.717, 1.165) is 70.6 Å². The van der Waals surface area contributed by atoms with Gasteiger partial charge >= 0.3 is 41.8 Å². The minimum atomic E-state index is -2.24. The standard InChI is InChI=1S/C74H120O42S7/c75-40(76)10-3-19-117-26-33-60(47(89)53(95)67(103)104-33)111-68-54(96)48(90)61(34(105-68)27-118-20-4-11-41(77)78)112-69-55(97)49(91)62(35(106-69)28-119-21-5-12-42(79)80)113-70-56(98)50(92)63(36(107-70)29-120-22-6-13-43(81)82)114-71-57(99)51(93)64(37(108-71)30-121-23-7-14-44(83)84)115-72-58(100)52(94)65(38(109-72)31-122-24-8-15-45(85)86)116-73-59(101)66(102)74(17-1-2-18-74)39(110-73)32-123-25-9-16-46(87)88/h33-39,47-73,89-103H,1-32H2,(H,75,76)(H,77,78)(H,79,80)(H,81,82)(H,83,84)(H,85,86)(H,87,88). The third-order valence-corrected chi connectivity index (χ3v) is 30.0. The Labute approximate surface area is 737 Å². The molecule has 7 heterocycles. The summed E-state index contributed by atoms with van der Waals surface area (Å²) in [6.45, 7) is 0. The van der Waals surface area contributed by atoms with E-state index in [4.69, 9.17) is 66.7 Å². The van der Waals surface area contributed by atoms with Crippen molar-refractivity contribution in [2.24, 2.45) is 5.41 Å². The number of thioether (sulfide) groups is 7. The number of hydrogen-bond acceptors (Lipinski definition) is 42. The highest BCUT2D eigenvalue weighted by molar-refractivity contribution is 8.00. The van der Waals surface area contributed by atoms with Gasteiger partial charge in [-0.1, -0.05) is 12.8 Å². The molecular formula is C74H120O42S7. The van der Waals surface area contributed by atoms with Gasteiger partial charge in [-0.15, -0.1) is 0 Å². The molecule has 123 heavy (non-hydrogen) atoms. The number of carboxylic acids is 7. The maximum Gasteiger partial charge on any atom is 0.303 e. The highest BCUT2D eigenvalue weighted by Gasteiger charge is 2.61. The summed E-state index contributed by atoms with van der Waals surface area (Å²) in [5, 5.41) is 243. The van der Waals surface area contributed by atoms with Gasteiger partial charge in [0.1, 0.15) is 116 Å². The van der Waals surface area contributed by atoms with E-state index >= 15 is 0 Å². The summed E-state index contributed by atoms with van der Waals surface area (Å²) in [6.07, 6.45) is -59.6. The highest BCUT2D eigenvalue weighted by atomic mass is 32.2. The molecule has 1 saturated carbocycles. The predicted molar refractivity (Wildman–Crippen MR) is 436 cm³/mol. The Morgan fingerprint density at radius 3 is 0.667 bits per heavy atom. The van der Waals surface area contributed by atoms with Gasteiger partial charge < -0.3 is 174 Å². The van der Waals surface area contributed by atoms with Gasteiger partial charge in [-0.2, -0.15) is 82.3 Å². The number of aliphatic carboxylic acids is 7. The first kappa shape index (κ1) is 106. The molecule has 34 unspecified atom stereocenters. The second-order valence-corrected chi connectivity index (χ2v) is 39.2. The Morgan fingerprint density at radius 1 is 0.252 bits per heavy atom. The highest BCUT2D eigenvalue weighted by Crippen LogP contribution is 2.51. The van der Waals surface area contributed by atoms with Crippen LogP contribution in [-0.4, -0.2) is 444 Å². The number of rotatable bonds is 54. The molecule has 49 heteroatoms. The second kappa shape index (κ2) is 52.8. The van der Waals surface area contributed by atoms with Gasteiger partial charge in [0, 0.05) is 90.6 Å². The Bertz CT molecular complexity index is 3210. The number of aliphatic hydroxyl groups is 15. The van der Waals surface area contributed by atoms with Crippen LogP contribution in [0.25, 0.3) is 0 Å². The summed E-state index contributed by atoms with van der Waals surface area (Å²) in [5.74, 6) is -6.94. The van der Waals surface area contributed by atoms with Gasteiger partial charge in [0.15, 0.2) is 44.0 Å². The molecule has 1 aliphatic carbocycles. The van der Waals surface area contributed by atoms with E-state index in [-0.39, 0.29) is 158 Å². The zero-order valence-electron chi connectivity index (χ0n) is 67.1. The monoisotopic (exact) mass is 1900 g/mol. The first-order valence-electron chi connectivity index (χ1n) is 40.8. The normalized spacial score (nSPS) is 38.4. The molecule has 8 fully saturated rings. The topological polar surface area (TPSA) is 685 Å². The van der Waals surface area contributed by atoms with Crippen molar-refractivity contribution in [1.82, 2.24) is 0 Å². The summed E-state index contributed by atoms with van der Waals surface area (Å²) in [6, 6.07) is 0. The number of carboxylic acid groups (broad SMARTS) is 7. The van der Waals surface area contributed by atoms with Crippen molar-refractivity contribution in [3.05, 3.63) is 0 Å². The molecule has 34 atom stereocenters. The van der Waals surface area contributed by atoms with Crippen LogP contribution in [0.2, 0.25) is 0 Å². The number of carbonyl (C=O) groups is 7. The van der Waals surface area contributed by atoms with E-state index in [2.05, 4.69) is 0 Å². The lowest BCUT2D eigenvalue weighted by molar-refractivity contribution is -0.390. The van der Waals surface area contributed by atoms with Crippen LogP contribution in [0.4, 0.5) is 0 Å². The molecule has 0 bridgehead atoms. The van der Waals surface area contributed by atoms with E-state index < -0.39 is 256 Å². The summed E-state index contributed by atoms with van der Waals surface area (Å²) < 4.78 is 81.5. The Hall–Kier alpha value is -2.38. The molecule has 8 rings (SSSR count). The fourth-order valence-corrected chi connectivity index (χ4v) is 22.7. The van der Waals surface area contributed by atoms with Gasteiger partial charge in [-0.3, -0.25) is 33.6 Å². The van der Waals surface area contributed by atoms with Gasteiger partial charge in [-0.05, 0) is 98.1 Å². The van der Waals surface area contributed by atoms with Crippen molar-refractivity contribution in [2.75, 3.05) is 80.5 Å². The van der Waals surface area contributed by atoms with Gasteiger partial charge in [0.05, 0.1) is 48.8 Å². The van der Waals surface area contributed by atoms with E-state index in [1.165, 1.54) is 11.8 Å². The fraction of sp³-hybridized carbons (Fsp3) is 0.905. The van der Waals surface area contributed by atoms with Crippen LogP contribution in [0.15, 0.2) is 0 Å². The van der Waals surface area contributed by atoms with Crippen molar-refractivity contribution in [1.29, 1.82) is 0 Å². The van der Waals surface area contributed by atoms with E-state index in [0.29, 0.717) is 37.9 Å². The quantitative estimate of drug-likeness (QED) is 0.0273.